The summed E-state index contributed by atoms with van der Waals surface area (Å²) in [7, 11) is 4.26. The predicted octanol–water partition coefficient (Wildman–Crippen LogP) is 16.5. The summed E-state index contributed by atoms with van der Waals surface area (Å²) >= 11 is 0. The zero-order chi connectivity index (χ0) is 47.2. The summed E-state index contributed by atoms with van der Waals surface area (Å²) in [5.41, 5.74) is 20.5. The van der Waals surface area contributed by atoms with Crippen molar-refractivity contribution < 1.29 is 0 Å². The standard InChI is InChI=1S/C67H46N4/c1-70-61-40-45(36-38-59(61)68-65(70)43-20-7-3-8-21-43)49-29-17-31-51-55(49)42-56-50(46-37-39-60-62(41-46)71(2)66(69-60)44-22-9-4-10-23-44)30-18-32-52(56)63(51)54-33-19-35-58-64(54)53-28-15-16-34-57(53)67(58,47-24-11-5-12-25-47)48-26-13-6-14-27-48/h3-42H,1-2H3. The van der Waals surface area contributed by atoms with Crippen LogP contribution in [0.15, 0.2) is 243 Å². The molecule has 13 aromatic rings. The molecule has 14 rings (SSSR count). The zero-order valence-corrected chi connectivity index (χ0v) is 39.4. The average molecular weight is 907 g/mol. The van der Waals surface area contributed by atoms with Crippen LogP contribution in [0.2, 0.25) is 0 Å². The molecule has 4 heteroatoms. The van der Waals surface area contributed by atoms with Gasteiger partial charge in [0, 0.05) is 25.2 Å². The Labute approximate surface area is 412 Å². The Morgan fingerprint density at radius 3 is 1.25 bits per heavy atom. The van der Waals surface area contributed by atoms with Crippen molar-refractivity contribution in [1.29, 1.82) is 0 Å². The summed E-state index contributed by atoms with van der Waals surface area (Å²) in [6.07, 6.45) is 0. The lowest BCUT2D eigenvalue weighted by Gasteiger charge is -2.34. The molecule has 0 spiro atoms. The molecule has 4 nitrogen and oxygen atoms in total. The zero-order valence-electron chi connectivity index (χ0n) is 39.4. The van der Waals surface area contributed by atoms with E-state index >= 15 is 0 Å². The molecule has 0 unspecified atom stereocenters. The van der Waals surface area contributed by atoms with Crippen LogP contribution in [0.25, 0.3) is 111 Å². The lowest BCUT2D eigenvalue weighted by atomic mass is 9.67. The monoisotopic (exact) mass is 906 g/mol. The van der Waals surface area contributed by atoms with Crippen LogP contribution in [0.3, 0.4) is 0 Å². The van der Waals surface area contributed by atoms with Crippen molar-refractivity contribution in [3.05, 3.63) is 265 Å². The van der Waals surface area contributed by atoms with Gasteiger partial charge in [0.2, 0.25) is 0 Å². The second-order valence-electron chi connectivity index (χ2n) is 18.9. The molecule has 0 saturated carbocycles. The van der Waals surface area contributed by atoms with Gasteiger partial charge in [-0.1, -0.05) is 212 Å². The number of aromatic nitrogens is 4. The fourth-order valence-corrected chi connectivity index (χ4v) is 12.1. The van der Waals surface area contributed by atoms with E-state index in [4.69, 9.17) is 9.97 Å². The Morgan fingerprint density at radius 2 is 0.732 bits per heavy atom. The van der Waals surface area contributed by atoms with Crippen LogP contribution in [0, 0.1) is 0 Å². The van der Waals surface area contributed by atoms with Gasteiger partial charge in [-0.2, -0.15) is 0 Å². The van der Waals surface area contributed by atoms with E-state index in [1.807, 2.05) is 0 Å². The number of hydrogen-bond acceptors (Lipinski definition) is 2. The average Bonchev–Trinajstić information content (AvgIpc) is 4.07. The third-order valence-electron chi connectivity index (χ3n) is 15.2. The highest BCUT2D eigenvalue weighted by Crippen LogP contribution is 2.59. The second-order valence-corrected chi connectivity index (χ2v) is 18.9. The SMILES string of the molecule is Cn1c(-c2ccccc2)nc2ccc(-c3cccc4c(-c5cccc6c5-c5ccccc5C6(c5ccccc5)c5ccccc5)c5cccc(-c6ccc7nc(-c8ccccc8)n(C)c7c6)c5cc34)cc21. The van der Waals surface area contributed by atoms with Crippen LogP contribution < -0.4 is 0 Å². The molecule has 1 aliphatic carbocycles. The molecular weight excluding hydrogens is 861 g/mol. The van der Waals surface area contributed by atoms with Crippen molar-refractivity contribution in [1.82, 2.24) is 19.1 Å². The number of hydrogen-bond donors (Lipinski definition) is 0. The first-order chi connectivity index (χ1) is 35.1. The molecule has 0 amide bonds. The first-order valence-corrected chi connectivity index (χ1v) is 24.4. The van der Waals surface area contributed by atoms with E-state index in [1.54, 1.807) is 0 Å². The molecule has 71 heavy (non-hydrogen) atoms. The third kappa shape index (κ3) is 6.11. The van der Waals surface area contributed by atoms with E-state index < -0.39 is 5.41 Å². The number of aryl methyl sites for hydroxylation is 2. The Kier molecular flexibility index (Phi) is 9.21. The summed E-state index contributed by atoms with van der Waals surface area (Å²) in [6.45, 7) is 0. The molecule has 0 radical (unpaired) electrons. The number of rotatable bonds is 7. The van der Waals surface area contributed by atoms with Crippen LogP contribution in [-0.4, -0.2) is 19.1 Å². The third-order valence-corrected chi connectivity index (χ3v) is 15.2. The van der Waals surface area contributed by atoms with E-state index in [0.717, 1.165) is 56.0 Å². The fraction of sp³-hybridized carbons (Fsp3) is 0.0448. The first-order valence-electron chi connectivity index (χ1n) is 24.4. The van der Waals surface area contributed by atoms with Crippen molar-refractivity contribution in [2.75, 3.05) is 0 Å². The van der Waals surface area contributed by atoms with Crippen LogP contribution in [0.5, 0.6) is 0 Å². The van der Waals surface area contributed by atoms with Gasteiger partial charge in [-0.05, 0) is 119 Å². The predicted molar refractivity (Wildman–Crippen MR) is 294 cm³/mol. The van der Waals surface area contributed by atoms with E-state index in [0.29, 0.717) is 0 Å². The van der Waals surface area contributed by atoms with Crippen molar-refractivity contribution in [2.45, 2.75) is 5.41 Å². The summed E-state index contributed by atoms with van der Waals surface area (Å²) < 4.78 is 4.46. The highest BCUT2D eigenvalue weighted by molar-refractivity contribution is 6.21. The van der Waals surface area contributed by atoms with Crippen molar-refractivity contribution >= 4 is 43.6 Å². The van der Waals surface area contributed by atoms with Gasteiger partial charge in [-0.25, -0.2) is 9.97 Å². The van der Waals surface area contributed by atoms with E-state index in [2.05, 4.69) is 266 Å². The molecule has 0 N–H and O–H groups in total. The van der Waals surface area contributed by atoms with Crippen LogP contribution in [0.4, 0.5) is 0 Å². The van der Waals surface area contributed by atoms with E-state index in [9.17, 15) is 0 Å². The first kappa shape index (κ1) is 40.9. The summed E-state index contributed by atoms with van der Waals surface area (Å²) in [5, 5.41) is 4.81. The molecule has 2 aromatic heterocycles. The highest BCUT2D eigenvalue weighted by Gasteiger charge is 2.47. The molecule has 0 bridgehead atoms. The highest BCUT2D eigenvalue weighted by atomic mass is 15.1. The van der Waals surface area contributed by atoms with Gasteiger partial charge < -0.3 is 9.13 Å². The molecule has 11 aromatic carbocycles. The quantitative estimate of drug-likeness (QED) is 0.149. The van der Waals surface area contributed by atoms with Crippen LogP contribution in [0.1, 0.15) is 22.3 Å². The number of imidazole rings is 2. The fourth-order valence-electron chi connectivity index (χ4n) is 12.1. The topological polar surface area (TPSA) is 35.6 Å². The second kappa shape index (κ2) is 16.0. The number of fused-ring (bicyclic) bond motifs is 7. The normalized spacial score (nSPS) is 12.8. The van der Waals surface area contributed by atoms with Gasteiger partial charge in [-0.15, -0.1) is 0 Å². The molecule has 334 valence electrons. The minimum atomic E-state index is -0.532. The molecule has 0 fully saturated rings. The molecule has 0 aliphatic heterocycles. The maximum atomic E-state index is 5.13. The minimum Gasteiger partial charge on any atom is -0.327 e. The minimum absolute atomic E-state index is 0.532. The van der Waals surface area contributed by atoms with E-state index in [-0.39, 0.29) is 0 Å². The molecule has 0 atom stereocenters. The van der Waals surface area contributed by atoms with Gasteiger partial charge in [0.15, 0.2) is 0 Å². The van der Waals surface area contributed by atoms with Crippen molar-refractivity contribution in [2.24, 2.45) is 14.1 Å². The van der Waals surface area contributed by atoms with Gasteiger partial charge in [-0.3, -0.25) is 0 Å². The smallest absolute Gasteiger partial charge is 0.140 e. The Morgan fingerprint density at radius 1 is 0.310 bits per heavy atom. The Hall–Kier alpha value is -9.12. The van der Waals surface area contributed by atoms with Gasteiger partial charge >= 0.3 is 0 Å². The Balaban J connectivity index is 1.07. The maximum absolute atomic E-state index is 5.13. The van der Waals surface area contributed by atoms with Crippen LogP contribution >= 0.6 is 0 Å². The number of benzene rings is 11. The lowest BCUT2D eigenvalue weighted by molar-refractivity contribution is 0.768. The van der Waals surface area contributed by atoms with Gasteiger partial charge in [0.25, 0.3) is 0 Å². The molecule has 2 heterocycles. The van der Waals surface area contributed by atoms with Crippen molar-refractivity contribution in [3.8, 4) is 67.3 Å². The molecule has 1 aliphatic rings. The summed E-state index contributed by atoms with van der Waals surface area (Å²) in [4.78, 5) is 10.3. The number of nitrogens with zero attached hydrogens (tertiary/aromatic N) is 4. The summed E-state index contributed by atoms with van der Waals surface area (Å²) in [5.74, 6) is 1.91. The summed E-state index contributed by atoms with van der Waals surface area (Å²) in [6, 6.07) is 89.0. The van der Waals surface area contributed by atoms with Crippen LogP contribution in [-0.2, 0) is 19.5 Å². The van der Waals surface area contributed by atoms with Gasteiger partial charge in [0.05, 0.1) is 27.5 Å². The molecule has 0 saturated heterocycles. The lowest BCUT2D eigenvalue weighted by Crippen LogP contribution is -2.28. The largest absolute Gasteiger partial charge is 0.327 e. The maximum Gasteiger partial charge on any atom is 0.140 e. The Bertz CT molecular complexity index is 4000. The van der Waals surface area contributed by atoms with Gasteiger partial charge in [0.1, 0.15) is 11.6 Å². The van der Waals surface area contributed by atoms with Crippen molar-refractivity contribution in [3.63, 3.8) is 0 Å². The molecular formula is C67H46N4. The van der Waals surface area contributed by atoms with E-state index in [1.165, 1.54) is 77.2 Å².